The number of hydrogen-bond donors (Lipinski definition) is 3. The number of aromatic nitrogens is 1. The highest BCUT2D eigenvalue weighted by Gasteiger charge is 2.11. The molecule has 14 heavy (non-hydrogen) atoms. The SMILES string of the molecule is N[C@@H](CC(=O)O)c1c[nH]c(=O)c(Cl)c1. The number of carbonyl (C=O) groups is 1. The number of carboxylic acid groups (broad SMARTS) is 1. The van der Waals surface area contributed by atoms with E-state index in [0.717, 1.165) is 0 Å². The lowest BCUT2D eigenvalue weighted by molar-refractivity contribution is -0.137. The number of nitrogens with two attached hydrogens (primary N) is 1. The van der Waals surface area contributed by atoms with Crippen molar-refractivity contribution >= 4 is 17.6 Å². The molecular formula is C8H9ClN2O3. The van der Waals surface area contributed by atoms with Gasteiger partial charge in [-0.2, -0.15) is 0 Å². The van der Waals surface area contributed by atoms with Gasteiger partial charge in [0.2, 0.25) is 0 Å². The molecule has 4 N–H and O–H groups in total. The molecule has 0 bridgehead atoms. The van der Waals surface area contributed by atoms with Crippen LogP contribution >= 0.6 is 11.6 Å². The fourth-order valence-corrected chi connectivity index (χ4v) is 1.17. The lowest BCUT2D eigenvalue weighted by Gasteiger charge is -2.08. The Morgan fingerprint density at radius 1 is 1.71 bits per heavy atom. The second kappa shape index (κ2) is 4.26. The van der Waals surface area contributed by atoms with Gasteiger partial charge in [-0.25, -0.2) is 0 Å². The van der Waals surface area contributed by atoms with Crippen LogP contribution in [0.15, 0.2) is 17.1 Å². The quantitative estimate of drug-likeness (QED) is 0.686. The second-order valence-electron chi connectivity index (χ2n) is 2.81. The molecule has 5 nitrogen and oxygen atoms in total. The number of halogens is 1. The Bertz CT molecular complexity index is 402. The van der Waals surface area contributed by atoms with Crippen LogP contribution in [0.1, 0.15) is 18.0 Å². The molecule has 0 aliphatic carbocycles. The molecule has 1 atom stereocenters. The third kappa shape index (κ3) is 2.58. The Hall–Kier alpha value is -1.33. The molecule has 1 aromatic rings. The Kier molecular flexibility index (Phi) is 3.27. The van der Waals surface area contributed by atoms with Crippen LogP contribution in [0, 0.1) is 0 Å². The lowest BCUT2D eigenvalue weighted by atomic mass is 10.1. The first-order valence-corrected chi connectivity index (χ1v) is 4.24. The molecule has 0 fully saturated rings. The summed E-state index contributed by atoms with van der Waals surface area (Å²) in [7, 11) is 0. The van der Waals surface area contributed by atoms with Crippen LogP contribution < -0.4 is 11.3 Å². The molecule has 1 rings (SSSR count). The van der Waals surface area contributed by atoms with Crippen LogP contribution in [0.4, 0.5) is 0 Å². The summed E-state index contributed by atoms with van der Waals surface area (Å²) in [6.45, 7) is 0. The van der Waals surface area contributed by atoms with Crippen LogP contribution in [-0.4, -0.2) is 16.1 Å². The van der Waals surface area contributed by atoms with Crippen LogP contribution in [-0.2, 0) is 4.79 Å². The normalized spacial score (nSPS) is 12.4. The standard InChI is InChI=1S/C8H9ClN2O3/c9-5-1-4(3-11-8(5)14)6(10)2-7(12)13/h1,3,6H,2,10H2,(H,11,14)(H,12,13)/t6-/m0/s1. The smallest absolute Gasteiger partial charge is 0.305 e. The number of aliphatic carboxylic acids is 1. The van der Waals surface area contributed by atoms with Crippen molar-refractivity contribution < 1.29 is 9.90 Å². The summed E-state index contributed by atoms with van der Waals surface area (Å²) in [6.07, 6.45) is 1.16. The molecule has 0 aliphatic heterocycles. The van der Waals surface area contributed by atoms with E-state index >= 15 is 0 Å². The van der Waals surface area contributed by atoms with Crippen molar-refractivity contribution in [2.45, 2.75) is 12.5 Å². The van der Waals surface area contributed by atoms with Crippen LogP contribution in [0.5, 0.6) is 0 Å². The first kappa shape index (κ1) is 10.7. The molecule has 1 heterocycles. The maximum atomic E-state index is 10.9. The zero-order valence-corrected chi connectivity index (χ0v) is 7.91. The highest BCUT2D eigenvalue weighted by molar-refractivity contribution is 6.30. The molecule has 1 aromatic heterocycles. The van der Waals surface area contributed by atoms with Crippen molar-refractivity contribution in [3.05, 3.63) is 33.2 Å². The predicted octanol–water partition coefficient (Wildman–Crippen LogP) is 0.503. The van der Waals surface area contributed by atoms with Crippen molar-refractivity contribution in [1.82, 2.24) is 4.98 Å². The summed E-state index contributed by atoms with van der Waals surface area (Å²) in [5, 5.41) is 8.49. The minimum absolute atomic E-state index is 0.00309. The fourth-order valence-electron chi connectivity index (χ4n) is 0.991. The molecule has 0 saturated heterocycles. The summed E-state index contributed by atoms with van der Waals surface area (Å²) in [6, 6.07) is 0.704. The fraction of sp³-hybridized carbons (Fsp3) is 0.250. The van der Waals surface area contributed by atoms with Gasteiger partial charge in [0.25, 0.3) is 5.56 Å². The Morgan fingerprint density at radius 2 is 2.36 bits per heavy atom. The number of hydrogen-bond acceptors (Lipinski definition) is 3. The van der Waals surface area contributed by atoms with Crippen molar-refractivity contribution in [1.29, 1.82) is 0 Å². The van der Waals surface area contributed by atoms with Gasteiger partial charge in [-0.3, -0.25) is 9.59 Å². The number of rotatable bonds is 3. The van der Waals surface area contributed by atoms with E-state index in [1.165, 1.54) is 12.3 Å². The highest BCUT2D eigenvalue weighted by Crippen LogP contribution is 2.14. The topological polar surface area (TPSA) is 96.2 Å². The van der Waals surface area contributed by atoms with Crippen LogP contribution in [0.25, 0.3) is 0 Å². The zero-order valence-electron chi connectivity index (χ0n) is 7.16. The maximum Gasteiger partial charge on any atom is 0.305 e. The number of carboxylic acids is 1. The van der Waals surface area contributed by atoms with Crippen molar-refractivity contribution in [3.63, 3.8) is 0 Å². The van der Waals surface area contributed by atoms with Gasteiger partial charge in [0.15, 0.2) is 0 Å². The van der Waals surface area contributed by atoms with Crippen molar-refractivity contribution in [2.75, 3.05) is 0 Å². The molecule has 76 valence electrons. The molecular weight excluding hydrogens is 208 g/mol. The molecule has 0 unspecified atom stereocenters. The molecule has 6 heteroatoms. The molecule has 0 amide bonds. The third-order valence-corrected chi connectivity index (χ3v) is 1.98. The molecule has 0 radical (unpaired) electrons. The summed E-state index contributed by atoms with van der Waals surface area (Å²) in [4.78, 5) is 23.6. The number of H-pyrrole nitrogens is 1. The van der Waals surface area contributed by atoms with E-state index in [9.17, 15) is 9.59 Å². The Balaban J connectivity index is 2.91. The summed E-state index contributed by atoms with van der Waals surface area (Å²) < 4.78 is 0. The Labute approximate surface area is 84.5 Å². The van der Waals surface area contributed by atoms with Gasteiger partial charge >= 0.3 is 5.97 Å². The Morgan fingerprint density at radius 3 is 2.86 bits per heavy atom. The predicted molar refractivity (Wildman–Crippen MR) is 51.3 cm³/mol. The van der Waals surface area contributed by atoms with Gasteiger partial charge in [-0.1, -0.05) is 11.6 Å². The first-order chi connectivity index (χ1) is 6.50. The van der Waals surface area contributed by atoms with Gasteiger partial charge < -0.3 is 15.8 Å². The van der Waals surface area contributed by atoms with E-state index in [0.29, 0.717) is 5.56 Å². The monoisotopic (exact) mass is 216 g/mol. The number of aromatic amines is 1. The van der Waals surface area contributed by atoms with Gasteiger partial charge in [-0.15, -0.1) is 0 Å². The van der Waals surface area contributed by atoms with Crippen LogP contribution in [0.3, 0.4) is 0 Å². The molecule has 0 saturated carbocycles. The third-order valence-electron chi connectivity index (χ3n) is 1.70. The average Bonchev–Trinajstić information content (AvgIpc) is 2.08. The van der Waals surface area contributed by atoms with E-state index < -0.39 is 17.6 Å². The minimum Gasteiger partial charge on any atom is -0.481 e. The van der Waals surface area contributed by atoms with Crippen molar-refractivity contribution in [2.24, 2.45) is 5.73 Å². The lowest BCUT2D eigenvalue weighted by Crippen LogP contribution is -2.17. The highest BCUT2D eigenvalue weighted by atomic mass is 35.5. The van der Waals surface area contributed by atoms with Gasteiger partial charge in [0.1, 0.15) is 5.02 Å². The molecule has 0 aromatic carbocycles. The van der Waals surface area contributed by atoms with E-state index in [4.69, 9.17) is 22.4 Å². The minimum atomic E-state index is -1.00. The maximum absolute atomic E-state index is 10.9. The van der Waals surface area contributed by atoms with Gasteiger partial charge in [0.05, 0.1) is 6.42 Å². The summed E-state index contributed by atoms with van der Waals surface area (Å²) in [5.41, 5.74) is 5.63. The summed E-state index contributed by atoms with van der Waals surface area (Å²) >= 11 is 5.55. The molecule has 0 aliphatic rings. The van der Waals surface area contributed by atoms with E-state index in [1.54, 1.807) is 0 Å². The first-order valence-electron chi connectivity index (χ1n) is 3.86. The number of pyridine rings is 1. The second-order valence-corrected chi connectivity index (χ2v) is 3.22. The molecule has 0 spiro atoms. The van der Waals surface area contributed by atoms with E-state index in [2.05, 4.69) is 4.98 Å². The summed E-state index contributed by atoms with van der Waals surface area (Å²) in [5.74, 6) is -1.00. The number of nitrogens with one attached hydrogen (secondary N) is 1. The van der Waals surface area contributed by atoms with Gasteiger partial charge in [-0.05, 0) is 11.6 Å². The largest absolute Gasteiger partial charge is 0.481 e. The van der Waals surface area contributed by atoms with Crippen molar-refractivity contribution in [3.8, 4) is 0 Å². The van der Waals surface area contributed by atoms with Crippen LogP contribution in [0.2, 0.25) is 5.02 Å². The van der Waals surface area contributed by atoms with E-state index in [1.807, 2.05) is 0 Å². The van der Waals surface area contributed by atoms with E-state index in [-0.39, 0.29) is 11.4 Å². The van der Waals surface area contributed by atoms with Gasteiger partial charge in [0, 0.05) is 12.2 Å². The average molecular weight is 217 g/mol. The zero-order chi connectivity index (χ0) is 10.7.